The van der Waals surface area contributed by atoms with Gasteiger partial charge in [-0.25, -0.2) is 0 Å². The number of hydrogen-bond acceptors (Lipinski definition) is 3. The highest BCUT2D eigenvalue weighted by Crippen LogP contribution is 2.24. The van der Waals surface area contributed by atoms with Crippen LogP contribution in [0.5, 0.6) is 0 Å². The fourth-order valence-corrected chi connectivity index (χ4v) is 3.98. The van der Waals surface area contributed by atoms with E-state index in [1.807, 2.05) is 17.5 Å². The minimum Gasteiger partial charge on any atom is -0.349 e. The Hall–Kier alpha value is -1.65. The molecule has 1 atom stereocenters. The molecule has 0 spiro atoms. The number of carbonyl (C=O) groups is 1. The summed E-state index contributed by atoms with van der Waals surface area (Å²) in [6.45, 7) is 5.02. The van der Waals surface area contributed by atoms with Gasteiger partial charge in [0.15, 0.2) is 0 Å². The Morgan fingerprint density at radius 3 is 2.46 bits per heavy atom. The number of rotatable bonds is 5. The molecule has 3 rings (SSSR count). The number of thiophene rings is 1. The zero-order valence-corrected chi connectivity index (χ0v) is 15.1. The van der Waals surface area contributed by atoms with Crippen LogP contribution < -0.4 is 5.32 Å². The summed E-state index contributed by atoms with van der Waals surface area (Å²) >= 11 is 1.49. The molecular weight excluding hydrogens is 316 g/mol. The lowest BCUT2D eigenvalue weighted by Crippen LogP contribution is -2.38. The molecule has 1 aliphatic heterocycles. The van der Waals surface area contributed by atoms with Crippen LogP contribution in [0.15, 0.2) is 41.8 Å². The fraction of sp³-hybridized carbons (Fsp3) is 0.450. The number of nitrogens with zero attached hydrogens (tertiary/aromatic N) is 1. The molecule has 1 N–H and O–H groups in total. The Balaban J connectivity index is 1.73. The van der Waals surface area contributed by atoms with Crippen LogP contribution in [0, 0.1) is 6.92 Å². The fourth-order valence-electron chi connectivity index (χ4n) is 3.34. The number of aryl methyl sites for hydroxylation is 1. The lowest BCUT2D eigenvalue weighted by molar-refractivity contribution is 0.0937. The van der Waals surface area contributed by atoms with Crippen molar-refractivity contribution in [1.29, 1.82) is 0 Å². The average Bonchev–Trinajstić information content (AvgIpc) is 3.01. The molecule has 0 unspecified atom stereocenters. The van der Waals surface area contributed by atoms with E-state index in [1.54, 1.807) is 0 Å². The third-order valence-electron chi connectivity index (χ3n) is 4.74. The largest absolute Gasteiger partial charge is 0.349 e. The summed E-state index contributed by atoms with van der Waals surface area (Å²) in [7, 11) is 0. The number of benzene rings is 1. The van der Waals surface area contributed by atoms with Crippen LogP contribution in [0.25, 0.3) is 0 Å². The Labute approximate surface area is 148 Å². The van der Waals surface area contributed by atoms with Crippen LogP contribution in [-0.4, -0.2) is 30.4 Å². The van der Waals surface area contributed by atoms with E-state index in [9.17, 15) is 4.79 Å². The maximum atomic E-state index is 12.3. The quantitative estimate of drug-likeness (QED) is 0.873. The van der Waals surface area contributed by atoms with Crippen LogP contribution in [0.2, 0.25) is 0 Å². The molecule has 1 amide bonds. The van der Waals surface area contributed by atoms with E-state index < -0.39 is 0 Å². The van der Waals surface area contributed by atoms with Gasteiger partial charge in [0.05, 0.1) is 10.9 Å². The van der Waals surface area contributed by atoms with E-state index in [0.717, 1.165) is 18.0 Å². The molecule has 4 heteroatoms. The van der Waals surface area contributed by atoms with Crippen LogP contribution in [0.4, 0.5) is 0 Å². The molecule has 1 saturated heterocycles. The summed E-state index contributed by atoms with van der Waals surface area (Å²) in [5.74, 6) is 0.0388. The van der Waals surface area contributed by atoms with E-state index in [2.05, 4.69) is 41.4 Å². The topological polar surface area (TPSA) is 32.3 Å². The first kappa shape index (κ1) is 17.2. The first-order chi connectivity index (χ1) is 11.7. The second kappa shape index (κ2) is 8.45. The molecule has 24 heavy (non-hydrogen) atoms. The van der Waals surface area contributed by atoms with Crippen LogP contribution >= 0.6 is 11.3 Å². The summed E-state index contributed by atoms with van der Waals surface area (Å²) in [4.78, 5) is 15.7. The first-order valence-electron chi connectivity index (χ1n) is 8.86. The van der Waals surface area contributed by atoms with Gasteiger partial charge in [0.25, 0.3) is 5.91 Å². The van der Waals surface area contributed by atoms with Crippen LogP contribution in [0.1, 0.15) is 52.5 Å². The minimum atomic E-state index is 0.0388. The smallest absolute Gasteiger partial charge is 0.261 e. The van der Waals surface area contributed by atoms with Crippen molar-refractivity contribution in [1.82, 2.24) is 10.2 Å². The zero-order valence-electron chi connectivity index (χ0n) is 14.3. The van der Waals surface area contributed by atoms with Gasteiger partial charge in [-0.05, 0) is 49.9 Å². The van der Waals surface area contributed by atoms with E-state index in [1.165, 1.54) is 48.1 Å². The Morgan fingerprint density at radius 1 is 1.12 bits per heavy atom. The van der Waals surface area contributed by atoms with Crippen molar-refractivity contribution in [3.05, 3.63) is 57.8 Å². The van der Waals surface area contributed by atoms with Gasteiger partial charge >= 0.3 is 0 Å². The standard InChI is InChI=1S/C20H26N2OS/c1-16-8-10-17(11-9-16)18(22-12-4-2-3-5-13-22)15-21-20(23)19-7-6-14-24-19/h6-11,14,18H,2-5,12-13,15H2,1H3,(H,21,23)/t18-/m0/s1. The van der Waals surface area contributed by atoms with Gasteiger partial charge < -0.3 is 5.32 Å². The van der Waals surface area contributed by atoms with Gasteiger partial charge in [-0.2, -0.15) is 0 Å². The highest BCUT2D eigenvalue weighted by molar-refractivity contribution is 7.12. The van der Waals surface area contributed by atoms with Crippen molar-refractivity contribution >= 4 is 17.2 Å². The van der Waals surface area contributed by atoms with Gasteiger partial charge in [-0.3, -0.25) is 9.69 Å². The van der Waals surface area contributed by atoms with Gasteiger partial charge in [0.1, 0.15) is 0 Å². The molecule has 2 heterocycles. The molecule has 2 aromatic rings. The van der Waals surface area contributed by atoms with Crippen LogP contribution in [-0.2, 0) is 0 Å². The summed E-state index contributed by atoms with van der Waals surface area (Å²) in [6.07, 6.45) is 5.14. The predicted molar refractivity (Wildman–Crippen MR) is 101 cm³/mol. The van der Waals surface area contributed by atoms with Crippen LogP contribution in [0.3, 0.4) is 0 Å². The van der Waals surface area contributed by atoms with Gasteiger partial charge in [-0.1, -0.05) is 48.7 Å². The Bertz CT molecular complexity index is 628. The van der Waals surface area contributed by atoms with Crippen molar-refractivity contribution in [2.75, 3.05) is 19.6 Å². The number of likely N-dealkylation sites (tertiary alicyclic amines) is 1. The number of carbonyl (C=O) groups excluding carboxylic acids is 1. The van der Waals surface area contributed by atoms with Crippen molar-refractivity contribution in [2.45, 2.75) is 38.6 Å². The number of amides is 1. The highest BCUT2D eigenvalue weighted by Gasteiger charge is 2.22. The van der Waals surface area contributed by atoms with E-state index in [0.29, 0.717) is 6.54 Å². The second-order valence-corrected chi connectivity index (χ2v) is 7.51. The lowest BCUT2D eigenvalue weighted by Gasteiger charge is -2.31. The van der Waals surface area contributed by atoms with E-state index in [-0.39, 0.29) is 11.9 Å². The minimum absolute atomic E-state index is 0.0388. The van der Waals surface area contributed by atoms with E-state index in [4.69, 9.17) is 0 Å². The molecule has 1 fully saturated rings. The summed E-state index contributed by atoms with van der Waals surface area (Å²) in [5.41, 5.74) is 2.57. The Kier molecular flexibility index (Phi) is 6.05. The first-order valence-corrected chi connectivity index (χ1v) is 9.74. The SMILES string of the molecule is Cc1ccc([C@H](CNC(=O)c2cccs2)N2CCCCCC2)cc1. The third kappa shape index (κ3) is 4.46. The molecule has 1 aliphatic rings. The number of hydrogen-bond donors (Lipinski definition) is 1. The average molecular weight is 343 g/mol. The van der Waals surface area contributed by atoms with Gasteiger partial charge in [0.2, 0.25) is 0 Å². The third-order valence-corrected chi connectivity index (χ3v) is 5.61. The molecule has 128 valence electrons. The van der Waals surface area contributed by atoms with Gasteiger partial charge in [-0.15, -0.1) is 11.3 Å². The summed E-state index contributed by atoms with van der Waals surface area (Å²) in [5, 5.41) is 5.09. The van der Waals surface area contributed by atoms with Crippen molar-refractivity contribution in [2.24, 2.45) is 0 Å². The summed E-state index contributed by atoms with van der Waals surface area (Å²) < 4.78 is 0. The molecule has 0 bridgehead atoms. The molecule has 1 aromatic heterocycles. The highest BCUT2D eigenvalue weighted by atomic mass is 32.1. The Morgan fingerprint density at radius 2 is 1.83 bits per heavy atom. The number of nitrogens with one attached hydrogen (secondary N) is 1. The monoisotopic (exact) mass is 342 g/mol. The molecule has 1 aromatic carbocycles. The summed E-state index contributed by atoms with van der Waals surface area (Å²) in [6, 6.07) is 12.8. The van der Waals surface area contributed by atoms with Gasteiger partial charge in [0, 0.05) is 6.54 Å². The van der Waals surface area contributed by atoms with E-state index >= 15 is 0 Å². The maximum Gasteiger partial charge on any atom is 0.261 e. The maximum absolute atomic E-state index is 12.3. The molecule has 3 nitrogen and oxygen atoms in total. The molecule has 0 saturated carbocycles. The normalized spacial score (nSPS) is 17.2. The lowest BCUT2D eigenvalue weighted by atomic mass is 10.0. The predicted octanol–water partition coefficient (Wildman–Crippen LogP) is 4.40. The van der Waals surface area contributed by atoms with Crippen molar-refractivity contribution in [3.8, 4) is 0 Å². The molecular formula is C20H26N2OS. The second-order valence-electron chi connectivity index (χ2n) is 6.56. The van der Waals surface area contributed by atoms with Crippen molar-refractivity contribution < 1.29 is 4.79 Å². The molecule has 0 radical (unpaired) electrons. The molecule has 0 aliphatic carbocycles. The van der Waals surface area contributed by atoms with Crippen molar-refractivity contribution in [3.63, 3.8) is 0 Å². The zero-order chi connectivity index (χ0) is 16.8.